The summed E-state index contributed by atoms with van der Waals surface area (Å²) in [5, 5.41) is 2.84. The second kappa shape index (κ2) is 9.73. The van der Waals surface area contributed by atoms with Gasteiger partial charge in [0.25, 0.3) is 0 Å². The third kappa shape index (κ3) is 6.44. The quantitative estimate of drug-likeness (QED) is 0.662. The lowest BCUT2D eigenvalue weighted by molar-refractivity contribution is -0.137. The standard InChI is InChI=1S/C15H29N3O3/c1-13(15(20)18-9-5-4-6-10-18)17(2)12-14(19)16-8-7-11-21-3/h13H,4-12H2,1-3H3,(H,16,19). The Morgan fingerprint density at radius 3 is 2.57 bits per heavy atom. The fourth-order valence-electron chi connectivity index (χ4n) is 2.43. The van der Waals surface area contributed by atoms with Crippen LogP contribution in [0.15, 0.2) is 0 Å². The highest BCUT2D eigenvalue weighted by Gasteiger charge is 2.25. The van der Waals surface area contributed by atoms with Crippen LogP contribution in [0.3, 0.4) is 0 Å². The number of likely N-dealkylation sites (tertiary alicyclic amines) is 1. The van der Waals surface area contributed by atoms with Crippen LogP contribution >= 0.6 is 0 Å². The molecule has 0 aromatic heterocycles. The number of likely N-dealkylation sites (N-methyl/N-ethyl adjacent to an activating group) is 1. The van der Waals surface area contributed by atoms with Gasteiger partial charge in [0.05, 0.1) is 12.6 Å². The van der Waals surface area contributed by atoms with Crippen LogP contribution in [-0.2, 0) is 14.3 Å². The number of ether oxygens (including phenoxy) is 1. The zero-order valence-corrected chi connectivity index (χ0v) is 13.6. The summed E-state index contributed by atoms with van der Waals surface area (Å²) in [6, 6.07) is -0.257. The number of hydrogen-bond acceptors (Lipinski definition) is 4. The summed E-state index contributed by atoms with van der Waals surface area (Å²) >= 11 is 0. The molecule has 6 nitrogen and oxygen atoms in total. The van der Waals surface area contributed by atoms with E-state index < -0.39 is 0 Å². The van der Waals surface area contributed by atoms with Crippen molar-refractivity contribution in [3.05, 3.63) is 0 Å². The van der Waals surface area contributed by atoms with Crippen LogP contribution in [-0.4, -0.2) is 74.6 Å². The van der Waals surface area contributed by atoms with E-state index in [1.54, 1.807) is 7.11 Å². The van der Waals surface area contributed by atoms with E-state index in [-0.39, 0.29) is 24.4 Å². The van der Waals surface area contributed by atoms with Crippen LogP contribution in [0.4, 0.5) is 0 Å². The van der Waals surface area contributed by atoms with Crippen molar-refractivity contribution in [1.82, 2.24) is 15.1 Å². The Kier molecular flexibility index (Phi) is 8.30. The van der Waals surface area contributed by atoms with Gasteiger partial charge in [-0.3, -0.25) is 14.5 Å². The van der Waals surface area contributed by atoms with Gasteiger partial charge in [0, 0.05) is 33.4 Å². The number of methoxy groups -OCH3 is 1. The maximum absolute atomic E-state index is 12.4. The summed E-state index contributed by atoms with van der Waals surface area (Å²) in [5.41, 5.74) is 0. The van der Waals surface area contributed by atoms with Gasteiger partial charge in [-0.1, -0.05) is 0 Å². The van der Waals surface area contributed by atoms with Crippen molar-refractivity contribution in [1.29, 1.82) is 0 Å². The summed E-state index contributed by atoms with van der Waals surface area (Å²) in [6.07, 6.45) is 4.18. The summed E-state index contributed by atoms with van der Waals surface area (Å²) in [6.45, 7) is 5.05. The van der Waals surface area contributed by atoms with E-state index in [4.69, 9.17) is 4.74 Å². The van der Waals surface area contributed by atoms with Crippen LogP contribution in [0.2, 0.25) is 0 Å². The molecular formula is C15H29N3O3. The predicted octanol–water partition coefficient (Wildman–Crippen LogP) is 0.472. The Labute approximate surface area is 127 Å². The van der Waals surface area contributed by atoms with Gasteiger partial charge in [-0.15, -0.1) is 0 Å². The van der Waals surface area contributed by atoms with Crippen molar-refractivity contribution in [2.24, 2.45) is 0 Å². The average Bonchev–Trinajstić information content (AvgIpc) is 2.51. The molecule has 2 amide bonds. The first kappa shape index (κ1) is 17.9. The lowest BCUT2D eigenvalue weighted by Gasteiger charge is -2.32. The van der Waals surface area contributed by atoms with Crippen molar-refractivity contribution in [3.8, 4) is 0 Å². The predicted molar refractivity (Wildman–Crippen MR) is 82.0 cm³/mol. The minimum atomic E-state index is -0.257. The lowest BCUT2D eigenvalue weighted by Crippen LogP contribution is -2.49. The number of carbonyl (C=O) groups is 2. The Morgan fingerprint density at radius 2 is 1.95 bits per heavy atom. The molecule has 6 heteroatoms. The highest BCUT2D eigenvalue weighted by atomic mass is 16.5. The van der Waals surface area contributed by atoms with Crippen molar-refractivity contribution < 1.29 is 14.3 Å². The normalized spacial score (nSPS) is 16.9. The van der Waals surface area contributed by atoms with Crippen LogP contribution in [0.25, 0.3) is 0 Å². The van der Waals surface area contributed by atoms with Gasteiger partial charge in [0.15, 0.2) is 0 Å². The molecular weight excluding hydrogens is 270 g/mol. The minimum absolute atomic E-state index is 0.0492. The van der Waals surface area contributed by atoms with Crippen molar-refractivity contribution in [2.45, 2.75) is 38.6 Å². The van der Waals surface area contributed by atoms with Crippen LogP contribution < -0.4 is 5.32 Å². The van der Waals surface area contributed by atoms with Crippen molar-refractivity contribution >= 4 is 11.8 Å². The number of nitrogens with one attached hydrogen (secondary N) is 1. The molecule has 122 valence electrons. The molecule has 0 aliphatic carbocycles. The third-order valence-electron chi connectivity index (χ3n) is 3.93. The smallest absolute Gasteiger partial charge is 0.239 e. The van der Waals surface area contributed by atoms with Crippen LogP contribution in [0.5, 0.6) is 0 Å². The highest BCUT2D eigenvalue weighted by molar-refractivity contribution is 5.83. The first-order valence-electron chi connectivity index (χ1n) is 7.81. The Hall–Kier alpha value is -1.14. The van der Waals surface area contributed by atoms with E-state index in [0.29, 0.717) is 13.2 Å². The molecule has 0 bridgehead atoms. The molecule has 1 heterocycles. The first-order valence-corrected chi connectivity index (χ1v) is 7.81. The minimum Gasteiger partial charge on any atom is -0.385 e. The number of rotatable bonds is 8. The molecule has 1 rings (SSSR count). The van der Waals surface area contributed by atoms with Gasteiger partial charge >= 0.3 is 0 Å². The Morgan fingerprint density at radius 1 is 1.29 bits per heavy atom. The second-order valence-electron chi connectivity index (χ2n) is 5.67. The fourth-order valence-corrected chi connectivity index (χ4v) is 2.43. The molecule has 1 atom stereocenters. The van der Waals surface area contributed by atoms with E-state index in [2.05, 4.69) is 5.32 Å². The maximum Gasteiger partial charge on any atom is 0.239 e. The van der Waals surface area contributed by atoms with Gasteiger partial charge in [-0.05, 0) is 39.7 Å². The van der Waals surface area contributed by atoms with E-state index >= 15 is 0 Å². The number of hydrogen-bond donors (Lipinski definition) is 1. The summed E-state index contributed by atoms with van der Waals surface area (Å²) in [7, 11) is 3.46. The number of carbonyl (C=O) groups excluding carboxylic acids is 2. The molecule has 1 unspecified atom stereocenters. The lowest BCUT2D eigenvalue weighted by atomic mass is 10.1. The molecule has 1 saturated heterocycles. The molecule has 1 aliphatic heterocycles. The summed E-state index contributed by atoms with van der Waals surface area (Å²) < 4.78 is 4.93. The molecule has 1 N–H and O–H groups in total. The third-order valence-corrected chi connectivity index (χ3v) is 3.93. The van der Waals surface area contributed by atoms with E-state index in [9.17, 15) is 9.59 Å². The van der Waals surface area contributed by atoms with Gasteiger partial charge in [0.2, 0.25) is 11.8 Å². The summed E-state index contributed by atoms with van der Waals surface area (Å²) in [4.78, 5) is 27.9. The zero-order valence-electron chi connectivity index (χ0n) is 13.6. The second-order valence-corrected chi connectivity index (χ2v) is 5.67. The Balaban J connectivity index is 2.30. The molecule has 1 fully saturated rings. The maximum atomic E-state index is 12.4. The fraction of sp³-hybridized carbons (Fsp3) is 0.867. The van der Waals surface area contributed by atoms with E-state index in [1.807, 2.05) is 23.8 Å². The van der Waals surface area contributed by atoms with Gasteiger partial charge in [-0.25, -0.2) is 0 Å². The Bertz CT molecular complexity index is 330. The first-order chi connectivity index (χ1) is 10.1. The SMILES string of the molecule is COCCCNC(=O)CN(C)C(C)C(=O)N1CCCCC1. The molecule has 21 heavy (non-hydrogen) atoms. The van der Waals surface area contributed by atoms with E-state index in [1.165, 1.54) is 6.42 Å². The topological polar surface area (TPSA) is 61.9 Å². The summed E-state index contributed by atoms with van der Waals surface area (Å²) in [5.74, 6) is 0.0799. The number of amides is 2. The van der Waals surface area contributed by atoms with Crippen molar-refractivity contribution in [2.75, 3.05) is 46.9 Å². The number of nitrogens with zero attached hydrogens (tertiary/aromatic N) is 2. The molecule has 0 aromatic carbocycles. The van der Waals surface area contributed by atoms with Gasteiger partial charge in [-0.2, -0.15) is 0 Å². The zero-order chi connectivity index (χ0) is 15.7. The number of piperidine rings is 1. The molecule has 0 spiro atoms. The monoisotopic (exact) mass is 299 g/mol. The van der Waals surface area contributed by atoms with E-state index in [0.717, 1.165) is 32.4 Å². The molecule has 1 aliphatic rings. The van der Waals surface area contributed by atoms with Gasteiger partial charge in [0.1, 0.15) is 0 Å². The molecule has 0 aromatic rings. The molecule has 0 radical (unpaired) electrons. The highest BCUT2D eigenvalue weighted by Crippen LogP contribution is 2.11. The van der Waals surface area contributed by atoms with Gasteiger partial charge < -0.3 is 15.0 Å². The largest absolute Gasteiger partial charge is 0.385 e. The average molecular weight is 299 g/mol. The molecule has 0 saturated carbocycles. The van der Waals surface area contributed by atoms with Crippen molar-refractivity contribution in [3.63, 3.8) is 0 Å². The van der Waals surface area contributed by atoms with Crippen LogP contribution in [0.1, 0.15) is 32.6 Å². The van der Waals surface area contributed by atoms with Crippen LogP contribution in [0, 0.1) is 0 Å².